The maximum atomic E-state index is 12.8. The molecule has 0 aliphatic heterocycles. The fraction of sp³-hybridized carbons (Fsp3) is 0.429. The van der Waals surface area contributed by atoms with Gasteiger partial charge in [0, 0.05) is 11.7 Å². The number of hydrogen-bond acceptors (Lipinski definition) is 3. The van der Waals surface area contributed by atoms with E-state index in [-0.39, 0.29) is 49.2 Å². The van der Waals surface area contributed by atoms with E-state index in [4.69, 9.17) is 0 Å². The van der Waals surface area contributed by atoms with Crippen LogP contribution in [0.4, 0.5) is 10.1 Å². The highest BCUT2D eigenvalue weighted by Crippen LogP contribution is 2.08. The molecule has 7 heteroatoms. The van der Waals surface area contributed by atoms with Crippen LogP contribution in [0, 0.1) is 5.82 Å². The first-order valence-electron chi connectivity index (χ1n) is 6.43. The molecule has 0 unspecified atom stereocenters. The Labute approximate surface area is 130 Å². The lowest BCUT2D eigenvalue weighted by Crippen LogP contribution is -2.45. The number of anilines is 1. The number of nitrogens with one attached hydrogen (secondary N) is 2. The lowest BCUT2D eigenvalue weighted by atomic mass is 10.2. The van der Waals surface area contributed by atoms with Gasteiger partial charge in [0.1, 0.15) is 12.4 Å². The minimum absolute atomic E-state index is 0. The van der Waals surface area contributed by atoms with Gasteiger partial charge in [0.25, 0.3) is 0 Å². The number of amides is 2. The van der Waals surface area contributed by atoms with Crippen molar-refractivity contribution < 1.29 is 14.0 Å². The van der Waals surface area contributed by atoms with Gasteiger partial charge in [-0.1, -0.05) is 0 Å². The Morgan fingerprint density at radius 3 is 2.29 bits per heavy atom. The zero-order chi connectivity index (χ0) is 15.1. The normalized spacial score (nSPS) is 9.95. The Balaban J connectivity index is 0.00000400. The quantitative estimate of drug-likeness (QED) is 0.838. The highest BCUT2D eigenvalue weighted by atomic mass is 35.5. The highest BCUT2D eigenvalue weighted by Gasteiger charge is 2.19. The second-order valence-electron chi connectivity index (χ2n) is 4.70. The van der Waals surface area contributed by atoms with Gasteiger partial charge in [-0.3, -0.25) is 9.59 Å². The van der Waals surface area contributed by atoms with Crippen molar-refractivity contribution in [2.24, 2.45) is 0 Å². The van der Waals surface area contributed by atoms with Crippen LogP contribution >= 0.6 is 12.4 Å². The number of carbonyl (C=O) groups excluding carboxylic acids is 2. The molecule has 0 heterocycles. The summed E-state index contributed by atoms with van der Waals surface area (Å²) in [5.74, 6) is -0.817. The van der Waals surface area contributed by atoms with Gasteiger partial charge in [0.2, 0.25) is 11.8 Å². The maximum Gasteiger partial charge on any atom is 0.244 e. The molecule has 0 aliphatic rings. The molecule has 21 heavy (non-hydrogen) atoms. The summed E-state index contributed by atoms with van der Waals surface area (Å²) in [5, 5.41) is 5.40. The van der Waals surface area contributed by atoms with Crippen LogP contribution in [0.15, 0.2) is 24.3 Å². The topological polar surface area (TPSA) is 61.4 Å². The summed E-state index contributed by atoms with van der Waals surface area (Å²) >= 11 is 0. The first kappa shape index (κ1) is 19.3. The molecular formula is C14H21ClFN3O2. The van der Waals surface area contributed by atoms with Crippen LogP contribution in [-0.4, -0.2) is 42.9 Å². The number of rotatable bonds is 6. The van der Waals surface area contributed by atoms with Crippen LogP contribution in [0.2, 0.25) is 0 Å². The van der Waals surface area contributed by atoms with Crippen molar-refractivity contribution in [3.05, 3.63) is 30.1 Å². The molecule has 0 atom stereocenters. The van der Waals surface area contributed by atoms with E-state index >= 15 is 0 Å². The molecule has 0 aliphatic carbocycles. The van der Waals surface area contributed by atoms with Gasteiger partial charge >= 0.3 is 0 Å². The largest absolute Gasteiger partial charge is 0.330 e. The van der Waals surface area contributed by atoms with E-state index in [1.807, 2.05) is 13.8 Å². The summed E-state index contributed by atoms with van der Waals surface area (Å²) in [6.07, 6.45) is 0. The number of benzene rings is 1. The van der Waals surface area contributed by atoms with Crippen LogP contribution in [0.25, 0.3) is 0 Å². The average Bonchev–Trinajstić information content (AvgIpc) is 2.38. The molecule has 2 amide bonds. The van der Waals surface area contributed by atoms with E-state index in [9.17, 15) is 14.0 Å². The van der Waals surface area contributed by atoms with E-state index in [0.29, 0.717) is 5.69 Å². The smallest absolute Gasteiger partial charge is 0.244 e. The molecule has 0 spiro atoms. The standard InChI is InChI=1S/C14H20FN3O2.ClH/c1-10(2)18(14(20)8-16-3)9-13(19)17-12-6-4-11(15)5-7-12;/h4-7,10,16H,8-9H2,1-3H3,(H,17,19);1H. The summed E-state index contributed by atoms with van der Waals surface area (Å²) in [6.45, 7) is 3.84. The van der Waals surface area contributed by atoms with Crippen molar-refractivity contribution in [3.8, 4) is 0 Å². The Hall–Kier alpha value is -1.66. The maximum absolute atomic E-state index is 12.8. The number of halogens is 2. The molecule has 0 bridgehead atoms. The highest BCUT2D eigenvalue weighted by molar-refractivity contribution is 5.94. The average molecular weight is 318 g/mol. The van der Waals surface area contributed by atoms with Crippen molar-refractivity contribution in [3.63, 3.8) is 0 Å². The third-order valence-electron chi connectivity index (χ3n) is 2.71. The third-order valence-corrected chi connectivity index (χ3v) is 2.71. The van der Waals surface area contributed by atoms with Crippen LogP contribution in [0.5, 0.6) is 0 Å². The molecule has 2 N–H and O–H groups in total. The predicted octanol–water partition coefficient (Wildman–Crippen LogP) is 1.64. The van der Waals surface area contributed by atoms with E-state index < -0.39 is 0 Å². The zero-order valence-electron chi connectivity index (χ0n) is 12.4. The van der Waals surface area contributed by atoms with Gasteiger partial charge in [-0.05, 0) is 45.2 Å². The lowest BCUT2D eigenvalue weighted by Gasteiger charge is -2.26. The molecule has 0 aromatic heterocycles. The van der Waals surface area contributed by atoms with Gasteiger partial charge in [0.15, 0.2) is 0 Å². The van der Waals surface area contributed by atoms with Crippen LogP contribution in [0.1, 0.15) is 13.8 Å². The molecule has 5 nitrogen and oxygen atoms in total. The summed E-state index contributed by atoms with van der Waals surface area (Å²) < 4.78 is 12.8. The fourth-order valence-corrected chi connectivity index (χ4v) is 1.70. The monoisotopic (exact) mass is 317 g/mol. The summed E-state index contributed by atoms with van der Waals surface area (Å²) in [7, 11) is 1.68. The molecule has 1 aromatic carbocycles. The Bertz CT molecular complexity index is 466. The van der Waals surface area contributed by atoms with Gasteiger partial charge < -0.3 is 15.5 Å². The van der Waals surface area contributed by atoms with E-state index in [1.165, 1.54) is 29.2 Å². The number of hydrogen-bond donors (Lipinski definition) is 2. The summed E-state index contributed by atoms with van der Waals surface area (Å²) in [5.41, 5.74) is 0.501. The summed E-state index contributed by atoms with van der Waals surface area (Å²) in [6, 6.07) is 5.41. The number of carbonyl (C=O) groups is 2. The van der Waals surface area contributed by atoms with Crippen molar-refractivity contribution in [1.82, 2.24) is 10.2 Å². The predicted molar refractivity (Wildman–Crippen MR) is 83.1 cm³/mol. The van der Waals surface area contributed by atoms with Gasteiger partial charge in [-0.15, -0.1) is 12.4 Å². The Morgan fingerprint density at radius 1 is 1.24 bits per heavy atom. The Morgan fingerprint density at radius 2 is 1.81 bits per heavy atom. The fourth-order valence-electron chi connectivity index (χ4n) is 1.70. The van der Waals surface area contributed by atoms with Gasteiger partial charge in [-0.2, -0.15) is 0 Å². The third kappa shape index (κ3) is 6.55. The van der Waals surface area contributed by atoms with Crippen LogP contribution < -0.4 is 10.6 Å². The summed E-state index contributed by atoms with van der Waals surface area (Å²) in [4.78, 5) is 25.2. The van der Waals surface area contributed by atoms with E-state index in [0.717, 1.165) is 0 Å². The molecule has 1 rings (SSSR count). The zero-order valence-corrected chi connectivity index (χ0v) is 13.2. The minimum Gasteiger partial charge on any atom is -0.330 e. The minimum atomic E-state index is -0.365. The number of likely N-dealkylation sites (N-methyl/N-ethyl adjacent to an activating group) is 1. The SMILES string of the molecule is CNCC(=O)N(CC(=O)Nc1ccc(F)cc1)C(C)C.Cl. The first-order valence-corrected chi connectivity index (χ1v) is 6.43. The van der Waals surface area contributed by atoms with Crippen molar-refractivity contribution in [2.45, 2.75) is 19.9 Å². The van der Waals surface area contributed by atoms with Crippen molar-refractivity contribution >= 4 is 29.9 Å². The van der Waals surface area contributed by atoms with Crippen molar-refractivity contribution in [1.29, 1.82) is 0 Å². The molecule has 118 valence electrons. The molecule has 0 saturated carbocycles. The van der Waals surface area contributed by atoms with Gasteiger partial charge in [-0.25, -0.2) is 4.39 Å². The van der Waals surface area contributed by atoms with Crippen LogP contribution in [-0.2, 0) is 9.59 Å². The molecular weight excluding hydrogens is 297 g/mol. The molecule has 0 fully saturated rings. The number of nitrogens with zero attached hydrogens (tertiary/aromatic N) is 1. The molecule has 0 saturated heterocycles. The Kier molecular flexibility index (Phi) is 8.57. The molecule has 1 aromatic rings. The lowest BCUT2D eigenvalue weighted by molar-refractivity contribution is -0.135. The second kappa shape index (κ2) is 9.31. The van der Waals surface area contributed by atoms with Gasteiger partial charge in [0.05, 0.1) is 6.54 Å². The first-order chi connectivity index (χ1) is 9.43. The van der Waals surface area contributed by atoms with Crippen molar-refractivity contribution in [2.75, 3.05) is 25.5 Å². The van der Waals surface area contributed by atoms with E-state index in [2.05, 4.69) is 10.6 Å². The molecule has 0 radical (unpaired) electrons. The van der Waals surface area contributed by atoms with E-state index in [1.54, 1.807) is 7.05 Å². The second-order valence-corrected chi connectivity index (χ2v) is 4.70. The van der Waals surface area contributed by atoms with Crippen LogP contribution in [0.3, 0.4) is 0 Å².